The predicted molar refractivity (Wildman–Crippen MR) is 128 cm³/mol. The van der Waals surface area contributed by atoms with Crippen LogP contribution in [0.5, 0.6) is 5.75 Å². The van der Waals surface area contributed by atoms with Crippen LogP contribution in [-0.2, 0) is 0 Å². The molecule has 0 fully saturated rings. The number of nitrogens with zero attached hydrogens (tertiary/aromatic N) is 1. The maximum absolute atomic E-state index is 14.2. The Labute approximate surface area is 196 Å². The average molecular weight is 475 g/mol. The van der Waals surface area contributed by atoms with Gasteiger partial charge in [0, 0.05) is 23.6 Å². The highest BCUT2D eigenvalue weighted by Crippen LogP contribution is 2.44. The Kier molecular flexibility index (Phi) is 7.21. The molecule has 0 radical (unpaired) electrons. The molecule has 1 aromatic heterocycles. The maximum atomic E-state index is 14.2. The van der Waals surface area contributed by atoms with Gasteiger partial charge in [-0.15, -0.1) is 0 Å². The van der Waals surface area contributed by atoms with E-state index in [9.17, 15) is 23.1 Å². The molecular weight excluding hydrogens is 445 g/mol. The molecule has 3 aromatic rings. The fraction of sp³-hybridized carbons (Fsp3) is 0.385. The van der Waals surface area contributed by atoms with Gasteiger partial charge in [-0.1, -0.05) is 45.9 Å². The van der Waals surface area contributed by atoms with E-state index in [1.165, 1.54) is 32.2 Å². The number of nitrogens with one attached hydrogen (secondary N) is 1. The van der Waals surface area contributed by atoms with Crippen molar-refractivity contribution in [2.24, 2.45) is 10.9 Å². The van der Waals surface area contributed by atoms with Gasteiger partial charge in [0.2, 0.25) is 5.56 Å². The fourth-order valence-electron chi connectivity index (χ4n) is 4.01. The summed E-state index contributed by atoms with van der Waals surface area (Å²) in [5.41, 5.74) is -1.33. The number of benzene rings is 2. The van der Waals surface area contributed by atoms with E-state index >= 15 is 0 Å². The zero-order valence-electron chi connectivity index (χ0n) is 19.8. The van der Waals surface area contributed by atoms with E-state index in [1.807, 2.05) is 26.0 Å². The SMILES string of the molecule is COc1cc(C(C)C)ccc1C(C)C(C)C(O)(C=Nc1cccc2[nH]c(=O)ccc12)C(F)(F)F. The minimum absolute atomic E-state index is 0.204. The summed E-state index contributed by atoms with van der Waals surface area (Å²) in [6.45, 7) is 7.01. The van der Waals surface area contributed by atoms with Crippen LogP contribution in [0.1, 0.15) is 50.7 Å². The van der Waals surface area contributed by atoms with Gasteiger partial charge < -0.3 is 14.8 Å². The monoisotopic (exact) mass is 474 g/mol. The van der Waals surface area contributed by atoms with E-state index in [2.05, 4.69) is 9.98 Å². The van der Waals surface area contributed by atoms with E-state index in [-0.39, 0.29) is 17.2 Å². The summed E-state index contributed by atoms with van der Waals surface area (Å²) in [7, 11) is 1.47. The van der Waals surface area contributed by atoms with Gasteiger partial charge in [0.25, 0.3) is 0 Å². The highest BCUT2D eigenvalue weighted by Gasteiger charge is 2.57. The first-order chi connectivity index (χ1) is 15.9. The average Bonchev–Trinajstić information content (AvgIpc) is 2.79. The number of aromatic nitrogens is 1. The molecule has 0 aliphatic heterocycles. The van der Waals surface area contributed by atoms with Crippen LogP contribution >= 0.6 is 0 Å². The quantitative estimate of drug-likeness (QED) is 0.407. The summed E-state index contributed by atoms with van der Waals surface area (Å²) in [5.74, 6) is -1.29. The predicted octanol–water partition coefficient (Wildman–Crippen LogP) is 6.10. The molecule has 1 heterocycles. The van der Waals surface area contributed by atoms with Crippen LogP contribution < -0.4 is 10.3 Å². The third-order valence-corrected chi connectivity index (χ3v) is 6.46. The molecule has 0 aliphatic carbocycles. The Morgan fingerprint density at radius 2 is 1.76 bits per heavy atom. The van der Waals surface area contributed by atoms with Gasteiger partial charge in [-0.25, -0.2) is 0 Å². The fourth-order valence-corrected chi connectivity index (χ4v) is 4.01. The van der Waals surface area contributed by atoms with Gasteiger partial charge in [-0.05, 0) is 47.2 Å². The molecule has 0 amide bonds. The van der Waals surface area contributed by atoms with E-state index < -0.39 is 23.6 Å². The number of aromatic amines is 1. The maximum Gasteiger partial charge on any atom is 0.422 e. The Bertz CT molecular complexity index is 1250. The molecule has 0 saturated carbocycles. The number of rotatable bonds is 7. The van der Waals surface area contributed by atoms with E-state index in [4.69, 9.17) is 4.74 Å². The van der Waals surface area contributed by atoms with Gasteiger partial charge in [-0.3, -0.25) is 9.79 Å². The van der Waals surface area contributed by atoms with Crippen LogP contribution in [-0.4, -0.2) is 35.2 Å². The second-order valence-electron chi connectivity index (χ2n) is 8.88. The first-order valence-corrected chi connectivity index (χ1v) is 11.0. The number of pyridine rings is 1. The normalized spacial score (nSPS) is 16.1. The number of H-pyrrole nitrogens is 1. The third-order valence-electron chi connectivity index (χ3n) is 6.46. The lowest BCUT2D eigenvalue weighted by Crippen LogP contribution is -2.53. The van der Waals surface area contributed by atoms with Crippen LogP contribution in [0.15, 0.2) is 58.3 Å². The highest BCUT2D eigenvalue weighted by molar-refractivity contribution is 5.91. The summed E-state index contributed by atoms with van der Waals surface area (Å²) >= 11 is 0. The van der Waals surface area contributed by atoms with Crippen LogP contribution in [0.25, 0.3) is 10.9 Å². The number of alkyl halides is 3. The van der Waals surface area contributed by atoms with Crippen molar-refractivity contribution in [3.63, 3.8) is 0 Å². The second-order valence-corrected chi connectivity index (χ2v) is 8.88. The zero-order chi connectivity index (χ0) is 25.3. The van der Waals surface area contributed by atoms with E-state index in [0.29, 0.717) is 28.4 Å². The molecule has 2 aromatic carbocycles. The van der Waals surface area contributed by atoms with Crippen molar-refractivity contribution in [3.05, 3.63) is 70.0 Å². The number of hydrogen-bond acceptors (Lipinski definition) is 4. The van der Waals surface area contributed by atoms with Crippen LogP contribution in [0.3, 0.4) is 0 Å². The van der Waals surface area contributed by atoms with E-state index in [1.54, 1.807) is 25.1 Å². The number of aliphatic hydroxyl groups is 1. The molecule has 5 nitrogen and oxygen atoms in total. The molecule has 3 rings (SSSR count). The summed E-state index contributed by atoms with van der Waals surface area (Å²) in [6.07, 6.45) is -4.42. The lowest BCUT2D eigenvalue weighted by atomic mass is 9.76. The Hall–Kier alpha value is -3.13. The molecule has 0 aliphatic rings. The van der Waals surface area contributed by atoms with Crippen molar-refractivity contribution in [1.29, 1.82) is 0 Å². The molecule has 3 unspecified atom stereocenters. The molecule has 8 heteroatoms. The standard InChI is InChI=1S/C26H29F3N2O3/c1-15(2)18-9-10-19(23(13-18)34-5)16(3)17(4)25(33,26(27,28)29)14-30-21-7-6-8-22-20(21)11-12-24(32)31-22/h6-17,33H,1-5H3,(H,31,32). The number of halogens is 3. The molecule has 0 spiro atoms. The number of fused-ring (bicyclic) bond motifs is 1. The molecule has 3 atom stereocenters. The van der Waals surface area contributed by atoms with Crippen molar-refractivity contribution in [3.8, 4) is 5.75 Å². The Morgan fingerprint density at radius 1 is 1.06 bits per heavy atom. The van der Waals surface area contributed by atoms with Gasteiger partial charge in [-0.2, -0.15) is 13.2 Å². The van der Waals surface area contributed by atoms with Gasteiger partial charge in [0.15, 0.2) is 5.60 Å². The van der Waals surface area contributed by atoms with Gasteiger partial charge >= 0.3 is 6.18 Å². The van der Waals surface area contributed by atoms with Crippen LogP contribution in [0.2, 0.25) is 0 Å². The molecule has 0 bridgehead atoms. The third kappa shape index (κ3) is 4.87. The van der Waals surface area contributed by atoms with Gasteiger partial charge in [0.1, 0.15) is 5.75 Å². The molecular formula is C26H29F3N2O3. The summed E-state index contributed by atoms with van der Waals surface area (Å²) in [5, 5.41) is 11.4. The smallest absolute Gasteiger partial charge is 0.422 e. The first kappa shape index (κ1) is 25.5. The lowest BCUT2D eigenvalue weighted by molar-refractivity contribution is -0.246. The summed E-state index contributed by atoms with van der Waals surface area (Å²) in [4.78, 5) is 18.2. The number of ether oxygens (including phenoxy) is 1. The molecule has 34 heavy (non-hydrogen) atoms. The number of hydrogen-bond donors (Lipinski definition) is 2. The highest BCUT2D eigenvalue weighted by atomic mass is 19.4. The summed E-state index contributed by atoms with van der Waals surface area (Å²) in [6, 6.07) is 12.9. The van der Waals surface area contributed by atoms with Gasteiger partial charge in [0.05, 0.1) is 18.3 Å². The largest absolute Gasteiger partial charge is 0.496 e. The second kappa shape index (κ2) is 9.62. The summed E-state index contributed by atoms with van der Waals surface area (Å²) < 4.78 is 48.2. The van der Waals surface area contributed by atoms with Crippen molar-refractivity contribution < 1.29 is 23.0 Å². The molecule has 182 valence electrons. The Balaban J connectivity index is 2.04. The lowest BCUT2D eigenvalue weighted by Gasteiger charge is -2.36. The van der Waals surface area contributed by atoms with Crippen molar-refractivity contribution >= 4 is 22.8 Å². The van der Waals surface area contributed by atoms with Crippen LogP contribution in [0, 0.1) is 5.92 Å². The zero-order valence-corrected chi connectivity index (χ0v) is 19.8. The van der Waals surface area contributed by atoms with Crippen LogP contribution in [0.4, 0.5) is 18.9 Å². The minimum Gasteiger partial charge on any atom is -0.496 e. The van der Waals surface area contributed by atoms with Crippen molar-refractivity contribution in [2.45, 2.75) is 51.3 Å². The minimum atomic E-state index is -4.98. The topological polar surface area (TPSA) is 74.7 Å². The number of aliphatic imine (C=N–C) groups is 1. The van der Waals surface area contributed by atoms with Crippen molar-refractivity contribution in [1.82, 2.24) is 4.98 Å². The Morgan fingerprint density at radius 3 is 2.38 bits per heavy atom. The molecule has 0 saturated heterocycles. The number of methoxy groups -OCH3 is 1. The molecule has 2 N–H and O–H groups in total. The van der Waals surface area contributed by atoms with Crippen molar-refractivity contribution in [2.75, 3.05) is 7.11 Å². The van der Waals surface area contributed by atoms with E-state index in [0.717, 1.165) is 5.56 Å². The first-order valence-electron chi connectivity index (χ1n) is 11.0.